The van der Waals surface area contributed by atoms with E-state index in [0.717, 1.165) is 9.96 Å². The molecule has 1 rings (SSSR count). The fraction of sp³-hybridized carbons (Fsp3) is 0.333. The molecule has 74 valence electrons. The van der Waals surface area contributed by atoms with Gasteiger partial charge in [-0.1, -0.05) is 6.92 Å². The Bertz CT molecular complexity index is 404. The topological polar surface area (TPSA) is 61.1 Å². The van der Waals surface area contributed by atoms with Crippen molar-refractivity contribution in [2.45, 2.75) is 18.1 Å². The number of hydrogen-bond donors (Lipinski definition) is 1. The largest absolute Gasteiger partial charge is 0.505 e. The summed E-state index contributed by atoms with van der Waals surface area (Å²) in [4.78, 5) is 11.4. The molecule has 0 aliphatic rings. The van der Waals surface area contributed by atoms with Crippen molar-refractivity contribution in [1.29, 1.82) is 5.26 Å². The van der Waals surface area contributed by atoms with Crippen LogP contribution in [0.25, 0.3) is 0 Å². The van der Waals surface area contributed by atoms with Crippen LogP contribution in [0.15, 0.2) is 4.21 Å². The van der Waals surface area contributed by atoms with Crippen LogP contribution >= 0.6 is 23.1 Å². The van der Waals surface area contributed by atoms with Crippen LogP contribution in [0.3, 0.4) is 0 Å². The number of thiophene rings is 1. The smallest absolute Gasteiger partial charge is 0.173 e. The molecule has 0 aliphatic carbocycles. The Balaban J connectivity index is 3.26. The van der Waals surface area contributed by atoms with Crippen molar-refractivity contribution in [2.75, 3.05) is 5.75 Å². The third kappa shape index (κ3) is 1.91. The predicted octanol–water partition coefficient (Wildman–Crippen LogP) is 2.64. The summed E-state index contributed by atoms with van der Waals surface area (Å²) in [5.41, 5.74) is 0.229. The summed E-state index contributed by atoms with van der Waals surface area (Å²) in [6, 6.07) is 1.91. The molecule has 0 saturated carbocycles. The van der Waals surface area contributed by atoms with E-state index in [0.29, 0.717) is 0 Å². The highest BCUT2D eigenvalue weighted by Crippen LogP contribution is 2.40. The molecule has 0 atom stereocenters. The number of nitriles is 1. The first-order valence-corrected chi connectivity index (χ1v) is 5.81. The van der Waals surface area contributed by atoms with Gasteiger partial charge in [0.25, 0.3) is 0 Å². The van der Waals surface area contributed by atoms with E-state index < -0.39 is 0 Å². The summed E-state index contributed by atoms with van der Waals surface area (Å²) in [7, 11) is 0. The Hall–Kier alpha value is -0.990. The van der Waals surface area contributed by atoms with Gasteiger partial charge in [0.1, 0.15) is 16.5 Å². The molecule has 0 saturated heterocycles. The van der Waals surface area contributed by atoms with Crippen molar-refractivity contribution in [3.8, 4) is 11.8 Å². The SMILES string of the molecule is CCSc1sc(C(C)=O)c(O)c1C#N. The van der Waals surface area contributed by atoms with Gasteiger partial charge in [-0.3, -0.25) is 4.79 Å². The summed E-state index contributed by atoms with van der Waals surface area (Å²) < 4.78 is 0.720. The van der Waals surface area contributed by atoms with Gasteiger partial charge in [-0.05, 0) is 5.75 Å². The molecule has 1 aromatic heterocycles. The molecule has 5 heteroatoms. The lowest BCUT2D eigenvalue weighted by Gasteiger charge is -1.91. The van der Waals surface area contributed by atoms with Crippen LogP contribution in [0.4, 0.5) is 0 Å². The van der Waals surface area contributed by atoms with E-state index in [4.69, 9.17) is 5.26 Å². The Kier molecular flexibility index (Phi) is 3.55. The second-order valence-electron chi connectivity index (χ2n) is 2.54. The van der Waals surface area contributed by atoms with E-state index in [1.807, 2.05) is 13.0 Å². The van der Waals surface area contributed by atoms with E-state index in [2.05, 4.69) is 0 Å². The van der Waals surface area contributed by atoms with Crippen LogP contribution < -0.4 is 0 Å². The van der Waals surface area contributed by atoms with Crippen LogP contribution in [0.2, 0.25) is 0 Å². The lowest BCUT2D eigenvalue weighted by molar-refractivity contribution is 0.101. The summed E-state index contributed by atoms with van der Waals surface area (Å²) >= 11 is 2.65. The Morgan fingerprint density at radius 1 is 1.71 bits per heavy atom. The average molecular weight is 227 g/mol. The molecule has 0 aromatic carbocycles. The molecule has 1 aromatic rings. The number of rotatable bonds is 3. The van der Waals surface area contributed by atoms with Crippen molar-refractivity contribution in [2.24, 2.45) is 0 Å². The quantitative estimate of drug-likeness (QED) is 0.637. The first-order chi connectivity index (χ1) is 6.61. The number of thioether (sulfide) groups is 1. The zero-order chi connectivity index (χ0) is 10.7. The van der Waals surface area contributed by atoms with E-state index in [1.54, 1.807) is 0 Å². The molecule has 0 aliphatic heterocycles. The molecule has 14 heavy (non-hydrogen) atoms. The molecule has 0 spiro atoms. The molecule has 1 heterocycles. The van der Waals surface area contributed by atoms with Crippen molar-refractivity contribution in [3.63, 3.8) is 0 Å². The van der Waals surface area contributed by atoms with Gasteiger partial charge in [0.05, 0.1) is 4.21 Å². The van der Waals surface area contributed by atoms with Gasteiger partial charge in [0.15, 0.2) is 11.5 Å². The first kappa shape index (κ1) is 11.1. The van der Waals surface area contributed by atoms with Gasteiger partial charge in [-0.2, -0.15) is 5.26 Å². The highest BCUT2D eigenvalue weighted by atomic mass is 32.2. The maximum Gasteiger partial charge on any atom is 0.173 e. The monoisotopic (exact) mass is 227 g/mol. The normalized spacial score (nSPS) is 9.79. The molecule has 0 unspecified atom stereocenters. The highest BCUT2D eigenvalue weighted by Gasteiger charge is 2.19. The number of hydrogen-bond acceptors (Lipinski definition) is 5. The number of carbonyl (C=O) groups excluding carboxylic acids is 1. The maximum atomic E-state index is 11.1. The summed E-state index contributed by atoms with van der Waals surface area (Å²) in [6.07, 6.45) is 0. The van der Waals surface area contributed by atoms with Crippen molar-refractivity contribution < 1.29 is 9.90 Å². The highest BCUT2D eigenvalue weighted by molar-refractivity contribution is 8.01. The molecule has 0 bridgehead atoms. The fourth-order valence-corrected chi connectivity index (χ4v) is 3.13. The number of nitrogens with zero attached hydrogens (tertiary/aromatic N) is 1. The third-order valence-corrected chi connectivity index (χ3v) is 3.99. The molecule has 0 radical (unpaired) electrons. The van der Waals surface area contributed by atoms with Gasteiger partial charge in [-0.15, -0.1) is 23.1 Å². The van der Waals surface area contributed by atoms with Crippen molar-refractivity contribution >= 4 is 28.9 Å². The molecule has 0 fully saturated rings. The Labute approximate surface area is 90.4 Å². The Morgan fingerprint density at radius 3 is 2.79 bits per heavy atom. The number of aromatic hydroxyl groups is 1. The van der Waals surface area contributed by atoms with Gasteiger partial charge in [0, 0.05) is 6.92 Å². The lowest BCUT2D eigenvalue weighted by Crippen LogP contribution is -1.86. The van der Waals surface area contributed by atoms with Gasteiger partial charge in [0.2, 0.25) is 0 Å². The predicted molar refractivity (Wildman–Crippen MR) is 57.1 cm³/mol. The number of ketones is 1. The minimum absolute atomic E-state index is 0.166. The van der Waals surface area contributed by atoms with E-state index in [-0.39, 0.29) is 22.0 Å². The fourth-order valence-electron chi connectivity index (χ4n) is 0.972. The van der Waals surface area contributed by atoms with E-state index >= 15 is 0 Å². The average Bonchev–Trinajstić information content (AvgIpc) is 2.43. The molecular weight excluding hydrogens is 218 g/mol. The lowest BCUT2D eigenvalue weighted by atomic mass is 10.2. The summed E-state index contributed by atoms with van der Waals surface area (Å²) in [5, 5.41) is 18.4. The summed E-state index contributed by atoms with van der Waals surface area (Å²) in [5.74, 6) is 0.444. The zero-order valence-electron chi connectivity index (χ0n) is 7.83. The minimum atomic E-state index is -0.202. The van der Waals surface area contributed by atoms with Crippen LogP contribution in [-0.2, 0) is 0 Å². The third-order valence-electron chi connectivity index (χ3n) is 1.56. The van der Waals surface area contributed by atoms with Crippen molar-refractivity contribution in [3.05, 3.63) is 10.4 Å². The van der Waals surface area contributed by atoms with Gasteiger partial charge < -0.3 is 5.11 Å². The Morgan fingerprint density at radius 2 is 2.36 bits per heavy atom. The standard InChI is InChI=1S/C9H9NO2S2/c1-3-13-9-6(4-10)7(12)8(14-9)5(2)11/h12H,3H2,1-2H3. The summed E-state index contributed by atoms with van der Waals surface area (Å²) in [6.45, 7) is 3.34. The molecule has 3 nitrogen and oxygen atoms in total. The second kappa shape index (κ2) is 4.49. The molecule has 0 amide bonds. The number of Topliss-reactive ketones (excluding diaryl/α,β-unsaturated/α-hetero) is 1. The van der Waals surface area contributed by atoms with Crippen LogP contribution in [0.5, 0.6) is 5.75 Å². The molecule has 1 N–H and O–H groups in total. The van der Waals surface area contributed by atoms with Gasteiger partial charge >= 0.3 is 0 Å². The van der Waals surface area contributed by atoms with Crippen molar-refractivity contribution in [1.82, 2.24) is 0 Å². The van der Waals surface area contributed by atoms with Crippen LogP contribution in [0, 0.1) is 11.3 Å². The van der Waals surface area contributed by atoms with E-state index in [1.165, 1.54) is 30.0 Å². The second-order valence-corrected chi connectivity index (χ2v) is 5.10. The van der Waals surface area contributed by atoms with Crippen LogP contribution in [0.1, 0.15) is 29.1 Å². The first-order valence-electron chi connectivity index (χ1n) is 4.01. The van der Waals surface area contributed by atoms with Crippen LogP contribution in [-0.4, -0.2) is 16.6 Å². The molecular formula is C9H9NO2S2. The van der Waals surface area contributed by atoms with E-state index in [9.17, 15) is 9.90 Å². The van der Waals surface area contributed by atoms with Gasteiger partial charge in [-0.25, -0.2) is 0 Å². The minimum Gasteiger partial charge on any atom is -0.505 e. The maximum absolute atomic E-state index is 11.1. The zero-order valence-corrected chi connectivity index (χ0v) is 9.46. The number of carbonyl (C=O) groups is 1.